The van der Waals surface area contributed by atoms with Gasteiger partial charge in [0, 0.05) is 28.7 Å². The van der Waals surface area contributed by atoms with Crippen molar-refractivity contribution in [2.24, 2.45) is 0 Å². The molecule has 0 radical (unpaired) electrons. The number of carbonyl (C=O) groups excluding carboxylic acids is 1. The molecule has 3 aromatic rings. The second-order valence-electron chi connectivity index (χ2n) is 6.29. The van der Waals surface area contributed by atoms with Gasteiger partial charge in [0.05, 0.1) is 0 Å². The summed E-state index contributed by atoms with van der Waals surface area (Å²) in [5.41, 5.74) is 4.43. The maximum atomic E-state index is 12.1. The highest BCUT2D eigenvalue weighted by molar-refractivity contribution is 6.05. The Labute approximate surface area is 159 Å². The van der Waals surface area contributed by atoms with E-state index in [9.17, 15) is 4.79 Å². The van der Waals surface area contributed by atoms with Crippen LogP contribution in [-0.2, 0) is 0 Å². The average Bonchev–Trinajstić information content (AvgIpc) is 2.65. The van der Waals surface area contributed by atoms with Crippen molar-refractivity contribution in [2.75, 3.05) is 10.6 Å². The Morgan fingerprint density at radius 2 is 1.74 bits per heavy atom. The fourth-order valence-electron chi connectivity index (χ4n) is 2.62. The lowest BCUT2D eigenvalue weighted by Gasteiger charge is -2.12. The van der Waals surface area contributed by atoms with Crippen LogP contribution in [0, 0.1) is 13.8 Å². The summed E-state index contributed by atoms with van der Waals surface area (Å²) >= 11 is 0. The summed E-state index contributed by atoms with van der Waals surface area (Å²) in [5.74, 6) is 1.17. The highest BCUT2D eigenvalue weighted by Gasteiger charge is 2.07. The molecule has 0 atom stereocenters. The van der Waals surface area contributed by atoms with E-state index in [4.69, 9.17) is 0 Å². The van der Waals surface area contributed by atoms with Gasteiger partial charge in [0.2, 0.25) is 5.95 Å². The molecule has 5 heteroatoms. The number of hydrogen-bond acceptors (Lipinski definition) is 5. The van der Waals surface area contributed by atoms with Gasteiger partial charge in [-0.15, -0.1) is 0 Å². The topological polar surface area (TPSA) is 66.9 Å². The minimum Gasteiger partial charge on any atom is -0.340 e. The van der Waals surface area contributed by atoms with Gasteiger partial charge in [0.1, 0.15) is 5.82 Å². The number of nitrogens with one attached hydrogen (secondary N) is 2. The molecule has 0 aliphatic rings. The molecule has 1 heterocycles. The average molecular weight is 358 g/mol. The summed E-state index contributed by atoms with van der Waals surface area (Å²) in [6.45, 7) is 5.80. The van der Waals surface area contributed by atoms with E-state index in [-0.39, 0.29) is 5.78 Å². The van der Waals surface area contributed by atoms with Gasteiger partial charge in [-0.2, -0.15) is 4.98 Å². The summed E-state index contributed by atoms with van der Waals surface area (Å²) in [4.78, 5) is 21.0. The van der Waals surface area contributed by atoms with E-state index in [1.165, 1.54) is 0 Å². The van der Waals surface area contributed by atoms with Crippen molar-refractivity contribution < 1.29 is 4.79 Å². The van der Waals surface area contributed by atoms with E-state index < -0.39 is 0 Å². The van der Waals surface area contributed by atoms with Crippen LogP contribution in [0.2, 0.25) is 0 Å². The van der Waals surface area contributed by atoms with Gasteiger partial charge in [0.25, 0.3) is 0 Å². The maximum Gasteiger partial charge on any atom is 0.229 e. The third-order valence-corrected chi connectivity index (χ3v) is 3.97. The number of nitrogens with zero attached hydrogens (tertiary/aromatic N) is 2. The quantitative estimate of drug-likeness (QED) is 0.460. The predicted octanol–water partition coefficient (Wildman–Crippen LogP) is 5.34. The van der Waals surface area contributed by atoms with Crippen LogP contribution in [0.15, 0.2) is 66.9 Å². The molecular formula is C22H22N4O. The Kier molecular flexibility index (Phi) is 5.61. The first kappa shape index (κ1) is 18.3. The molecule has 0 unspecified atom stereocenters. The second-order valence-corrected chi connectivity index (χ2v) is 6.29. The molecule has 0 aliphatic carbocycles. The van der Waals surface area contributed by atoms with Crippen LogP contribution in [0.1, 0.15) is 28.4 Å². The molecule has 3 rings (SSSR count). The molecule has 0 saturated heterocycles. The van der Waals surface area contributed by atoms with Crippen molar-refractivity contribution in [3.63, 3.8) is 0 Å². The Morgan fingerprint density at radius 3 is 2.48 bits per heavy atom. The molecule has 5 nitrogen and oxygen atoms in total. The van der Waals surface area contributed by atoms with E-state index >= 15 is 0 Å². The number of allylic oxidation sites excluding steroid dienone is 2. The van der Waals surface area contributed by atoms with E-state index in [1.54, 1.807) is 24.4 Å². The maximum absolute atomic E-state index is 12.1. The molecular weight excluding hydrogens is 336 g/mol. The van der Waals surface area contributed by atoms with E-state index in [2.05, 4.69) is 20.6 Å². The Bertz CT molecular complexity index is 995. The first-order chi connectivity index (χ1) is 13.0. The zero-order valence-electron chi connectivity index (χ0n) is 15.7. The van der Waals surface area contributed by atoms with Gasteiger partial charge in [-0.1, -0.05) is 30.3 Å². The van der Waals surface area contributed by atoms with Crippen LogP contribution in [0.5, 0.6) is 0 Å². The van der Waals surface area contributed by atoms with Gasteiger partial charge < -0.3 is 10.6 Å². The smallest absolute Gasteiger partial charge is 0.229 e. The molecule has 1 aromatic heterocycles. The van der Waals surface area contributed by atoms with Crippen molar-refractivity contribution >= 4 is 28.9 Å². The summed E-state index contributed by atoms with van der Waals surface area (Å²) in [6.07, 6.45) is 5.06. The van der Waals surface area contributed by atoms with Crippen molar-refractivity contribution in [3.8, 4) is 0 Å². The molecule has 0 bridgehead atoms. The molecule has 0 fully saturated rings. The van der Waals surface area contributed by atoms with Crippen LogP contribution >= 0.6 is 0 Å². The third kappa shape index (κ3) is 4.79. The van der Waals surface area contributed by atoms with Crippen LogP contribution in [0.4, 0.5) is 23.1 Å². The van der Waals surface area contributed by atoms with E-state index in [0.717, 1.165) is 22.5 Å². The highest BCUT2D eigenvalue weighted by atomic mass is 16.1. The monoisotopic (exact) mass is 358 g/mol. The first-order valence-corrected chi connectivity index (χ1v) is 8.76. The number of rotatable bonds is 6. The largest absolute Gasteiger partial charge is 0.340 e. The molecule has 0 aliphatic heterocycles. The minimum absolute atomic E-state index is 0.0256. The molecule has 0 amide bonds. The predicted molar refractivity (Wildman–Crippen MR) is 110 cm³/mol. The number of aromatic nitrogens is 2. The Morgan fingerprint density at radius 1 is 1.00 bits per heavy atom. The molecule has 2 aromatic carbocycles. The number of ketones is 1. The molecule has 136 valence electrons. The van der Waals surface area contributed by atoms with Gasteiger partial charge in [-0.3, -0.25) is 4.79 Å². The second kappa shape index (κ2) is 8.27. The van der Waals surface area contributed by atoms with Gasteiger partial charge in [-0.25, -0.2) is 4.98 Å². The summed E-state index contributed by atoms with van der Waals surface area (Å²) in [7, 11) is 0. The highest BCUT2D eigenvalue weighted by Crippen LogP contribution is 2.22. The lowest BCUT2D eigenvalue weighted by atomic mass is 10.1. The lowest BCUT2D eigenvalue weighted by Crippen LogP contribution is -2.03. The standard InChI is InChI=1S/C22H22N4O/c1-4-7-20(27)17-9-6-11-19(13-17)24-21-16(3)14-23-22(26-21)25-18-10-5-8-15(2)12-18/h4-14H,1-3H3,(H2,23,24,25,26). The van der Waals surface area contributed by atoms with Crippen molar-refractivity contribution in [1.82, 2.24) is 9.97 Å². The van der Waals surface area contributed by atoms with Crippen molar-refractivity contribution in [3.05, 3.63) is 83.6 Å². The van der Waals surface area contributed by atoms with Crippen LogP contribution in [0.3, 0.4) is 0 Å². The third-order valence-electron chi connectivity index (χ3n) is 3.97. The Hall–Kier alpha value is -3.47. The summed E-state index contributed by atoms with van der Waals surface area (Å²) in [5, 5.41) is 6.50. The molecule has 2 N–H and O–H groups in total. The molecule has 0 spiro atoms. The number of anilines is 4. The zero-order valence-corrected chi connectivity index (χ0v) is 15.7. The summed E-state index contributed by atoms with van der Waals surface area (Å²) in [6, 6.07) is 15.4. The van der Waals surface area contributed by atoms with Crippen LogP contribution in [-0.4, -0.2) is 15.8 Å². The number of hydrogen-bond donors (Lipinski definition) is 2. The van der Waals surface area contributed by atoms with Gasteiger partial charge in [-0.05, 0) is 56.7 Å². The summed E-state index contributed by atoms with van der Waals surface area (Å²) < 4.78 is 0. The van der Waals surface area contributed by atoms with Crippen LogP contribution < -0.4 is 10.6 Å². The number of aryl methyl sites for hydroxylation is 2. The normalized spacial score (nSPS) is 10.8. The van der Waals surface area contributed by atoms with Crippen LogP contribution in [0.25, 0.3) is 0 Å². The lowest BCUT2D eigenvalue weighted by molar-refractivity contribution is 0.104. The van der Waals surface area contributed by atoms with Gasteiger partial charge in [0.15, 0.2) is 5.78 Å². The number of carbonyl (C=O) groups is 1. The Balaban J connectivity index is 1.83. The fraction of sp³-hybridized carbons (Fsp3) is 0.136. The van der Waals surface area contributed by atoms with Gasteiger partial charge >= 0.3 is 0 Å². The van der Waals surface area contributed by atoms with Crippen molar-refractivity contribution in [1.29, 1.82) is 0 Å². The molecule has 0 saturated carbocycles. The van der Waals surface area contributed by atoms with E-state index in [1.807, 2.05) is 63.2 Å². The first-order valence-electron chi connectivity index (χ1n) is 8.76. The SMILES string of the molecule is CC=CC(=O)c1cccc(Nc2nc(Nc3cccc(C)c3)ncc2C)c1. The van der Waals surface area contributed by atoms with E-state index in [0.29, 0.717) is 17.3 Å². The minimum atomic E-state index is -0.0256. The number of benzene rings is 2. The van der Waals surface area contributed by atoms with Crippen molar-refractivity contribution in [2.45, 2.75) is 20.8 Å². The molecule has 27 heavy (non-hydrogen) atoms. The zero-order chi connectivity index (χ0) is 19.2. The fourth-order valence-corrected chi connectivity index (χ4v) is 2.62.